The Labute approximate surface area is 165 Å². The second kappa shape index (κ2) is 7.63. The van der Waals surface area contributed by atoms with Crippen LogP contribution in [0.2, 0.25) is 0 Å². The molecule has 2 N–H and O–H groups in total. The van der Waals surface area contributed by atoms with Crippen LogP contribution in [0.15, 0.2) is 50.7 Å². The number of hydrogen-bond donors (Lipinski definition) is 1. The molecule has 6 nitrogen and oxygen atoms in total. The third-order valence-electron chi connectivity index (χ3n) is 4.81. The van der Waals surface area contributed by atoms with Crippen molar-refractivity contribution in [2.24, 2.45) is 16.6 Å². The molecule has 2 aliphatic heterocycles. The Morgan fingerprint density at radius 1 is 1.21 bits per heavy atom. The number of primary amides is 1. The minimum atomic E-state index is -0.310. The summed E-state index contributed by atoms with van der Waals surface area (Å²) in [5, 5.41) is 0.643. The van der Waals surface area contributed by atoms with Crippen molar-refractivity contribution in [2.75, 3.05) is 13.1 Å². The van der Waals surface area contributed by atoms with Crippen LogP contribution in [0.3, 0.4) is 0 Å². The highest BCUT2D eigenvalue weighted by molar-refractivity contribution is 8.18. The molecule has 2 amide bonds. The fourth-order valence-corrected chi connectivity index (χ4v) is 4.16. The third kappa shape index (κ3) is 3.87. The van der Waals surface area contributed by atoms with Gasteiger partial charge in [-0.1, -0.05) is 0 Å². The van der Waals surface area contributed by atoms with E-state index in [0.29, 0.717) is 47.5 Å². The lowest BCUT2D eigenvalue weighted by Gasteiger charge is -2.31. The highest BCUT2D eigenvalue weighted by Gasteiger charge is 2.30. The largest absolute Gasteiger partial charge is 0.457 e. The van der Waals surface area contributed by atoms with Crippen molar-refractivity contribution in [3.8, 4) is 11.3 Å². The van der Waals surface area contributed by atoms with E-state index < -0.39 is 0 Å². The van der Waals surface area contributed by atoms with Crippen LogP contribution < -0.4 is 5.73 Å². The first-order valence-corrected chi connectivity index (χ1v) is 9.74. The Bertz CT molecular complexity index is 973. The summed E-state index contributed by atoms with van der Waals surface area (Å²) in [6.07, 6.45) is 3.00. The zero-order chi connectivity index (χ0) is 19.7. The van der Waals surface area contributed by atoms with Crippen LogP contribution in [0.4, 0.5) is 4.39 Å². The fourth-order valence-electron chi connectivity index (χ4n) is 3.22. The minimum Gasteiger partial charge on any atom is -0.457 e. The van der Waals surface area contributed by atoms with Gasteiger partial charge in [0, 0.05) is 30.6 Å². The second-order valence-electron chi connectivity index (χ2n) is 6.68. The number of halogens is 1. The maximum absolute atomic E-state index is 13.1. The van der Waals surface area contributed by atoms with E-state index in [-0.39, 0.29) is 23.5 Å². The van der Waals surface area contributed by atoms with Gasteiger partial charge in [0.05, 0.1) is 4.91 Å². The Hall–Kier alpha value is -2.87. The quantitative estimate of drug-likeness (QED) is 0.801. The molecule has 3 heterocycles. The lowest BCUT2D eigenvalue weighted by Crippen LogP contribution is -2.40. The van der Waals surface area contributed by atoms with Crippen molar-refractivity contribution in [3.63, 3.8) is 0 Å². The van der Waals surface area contributed by atoms with E-state index in [2.05, 4.69) is 4.99 Å². The van der Waals surface area contributed by atoms with Gasteiger partial charge in [-0.3, -0.25) is 9.59 Å². The zero-order valence-electron chi connectivity index (χ0n) is 14.9. The van der Waals surface area contributed by atoms with Crippen LogP contribution in [0.25, 0.3) is 17.4 Å². The summed E-state index contributed by atoms with van der Waals surface area (Å²) >= 11 is 1.30. The molecule has 4 rings (SSSR count). The molecule has 1 aromatic heterocycles. The SMILES string of the molecule is NC(=O)C1CCN(C2=NC(=O)/C(=C\c3ccc(-c4ccc(F)cc4)o3)S2)CC1. The van der Waals surface area contributed by atoms with Gasteiger partial charge in [-0.15, -0.1) is 0 Å². The Balaban J connectivity index is 1.44. The number of nitrogens with two attached hydrogens (primary N) is 1. The van der Waals surface area contributed by atoms with Crippen molar-refractivity contribution >= 4 is 34.8 Å². The van der Waals surface area contributed by atoms with E-state index in [0.717, 1.165) is 5.56 Å². The monoisotopic (exact) mass is 399 g/mol. The van der Waals surface area contributed by atoms with Crippen molar-refractivity contribution in [2.45, 2.75) is 12.8 Å². The number of piperidine rings is 1. The van der Waals surface area contributed by atoms with Crippen molar-refractivity contribution in [3.05, 3.63) is 52.9 Å². The third-order valence-corrected chi connectivity index (χ3v) is 5.85. The molecule has 0 saturated carbocycles. The number of rotatable bonds is 3. The number of aliphatic imine (C=N–C) groups is 1. The van der Waals surface area contributed by atoms with E-state index in [1.54, 1.807) is 30.3 Å². The second-order valence-corrected chi connectivity index (χ2v) is 7.69. The molecule has 0 aliphatic carbocycles. The number of likely N-dealkylation sites (tertiary alicyclic amines) is 1. The van der Waals surface area contributed by atoms with Gasteiger partial charge in [-0.05, 0) is 61.0 Å². The molecule has 0 atom stereocenters. The van der Waals surface area contributed by atoms with E-state index in [1.807, 2.05) is 4.90 Å². The molecule has 8 heteroatoms. The molecule has 1 aromatic carbocycles. The van der Waals surface area contributed by atoms with Crippen LogP contribution in [-0.4, -0.2) is 35.0 Å². The van der Waals surface area contributed by atoms with Gasteiger partial charge >= 0.3 is 0 Å². The van der Waals surface area contributed by atoms with Gasteiger partial charge in [0.2, 0.25) is 5.91 Å². The normalized spacial score (nSPS) is 19.3. The number of furan rings is 1. The summed E-state index contributed by atoms with van der Waals surface area (Å²) in [6, 6.07) is 9.55. The van der Waals surface area contributed by atoms with Gasteiger partial charge in [0.1, 0.15) is 17.3 Å². The Morgan fingerprint density at radius 3 is 2.61 bits per heavy atom. The Kier molecular flexibility index (Phi) is 5.04. The summed E-state index contributed by atoms with van der Waals surface area (Å²) < 4.78 is 18.8. The molecule has 0 bridgehead atoms. The minimum absolute atomic E-state index is 0.109. The maximum Gasteiger partial charge on any atom is 0.286 e. The average Bonchev–Trinajstić information content (AvgIpc) is 3.30. The van der Waals surface area contributed by atoms with Gasteiger partial charge in [-0.25, -0.2) is 4.39 Å². The van der Waals surface area contributed by atoms with Gasteiger partial charge in [0.25, 0.3) is 5.91 Å². The molecular formula is C20H18FN3O3S. The van der Waals surface area contributed by atoms with Gasteiger partial charge < -0.3 is 15.1 Å². The van der Waals surface area contributed by atoms with Crippen LogP contribution in [-0.2, 0) is 9.59 Å². The smallest absolute Gasteiger partial charge is 0.286 e. The molecule has 144 valence electrons. The topological polar surface area (TPSA) is 88.9 Å². The van der Waals surface area contributed by atoms with E-state index in [1.165, 1.54) is 23.9 Å². The predicted octanol–water partition coefficient (Wildman–Crippen LogP) is 3.25. The van der Waals surface area contributed by atoms with E-state index in [9.17, 15) is 14.0 Å². The van der Waals surface area contributed by atoms with Crippen molar-refractivity contribution < 1.29 is 18.4 Å². The molecule has 0 spiro atoms. The summed E-state index contributed by atoms with van der Waals surface area (Å²) in [6.45, 7) is 1.30. The summed E-state index contributed by atoms with van der Waals surface area (Å²) in [4.78, 5) is 30.2. The number of amidine groups is 1. The van der Waals surface area contributed by atoms with Crippen LogP contribution in [0.1, 0.15) is 18.6 Å². The van der Waals surface area contributed by atoms with Gasteiger partial charge in [0.15, 0.2) is 5.17 Å². The standard InChI is InChI=1S/C20H18FN3O3S/c21-14-3-1-12(2-4-14)16-6-5-15(27-16)11-17-19(26)23-20(28-17)24-9-7-13(8-10-24)18(22)25/h1-6,11,13H,7-10H2,(H2,22,25)/b17-11+. The number of nitrogens with zero attached hydrogens (tertiary/aromatic N) is 2. The zero-order valence-corrected chi connectivity index (χ0v) is 15.7. The fraction of sp³-hybridized carbons (Fsp3) is 0.250. The lowest BCUT2D eigenvalue weighted by molar-refractivity contribution is -0.123. The number of benzene rings is 1. The molecule has 1 fully saturated rings. The molecule has 1 saturated heterocycles. The van der Waals surface area contributed by atoms with E-state index >= 15 is 0 Å². The summed E-state index contributed by atoms with van der Waals surface area (Å²) in [7, 11) is 0. The molecule has 0 radical (unpaired) electrons. The molecule has 2 aliphatic rings. The number of thioether (sulfide) groups is 1. The van der Waals surface area contributed by atoms with Crippen molar-refractivity contribution in [1.82, 2.24) is 4.90 Å². The van der Waals surface area contributed by atoms with Crippen LogP contribution in [0.5, 0.6) is 0 Å². The molecule has 2 aromatic rings. The first-order chi connectivity index (χ1) is 13.5. The maximum atomic E-state index is 13.1. The lowest BCUT2D eigenvalue weighted by atomic mass is 9.97. The van der Waals surface area contributed by atoms with Crippen LogP contribution in [0, 0.1) is 11.7 Å². The highest BCUT2D eigenvalue weighted by Crippen LogP contribution is 2.33. The summed E-state index contributed by atoms with van der Waals surface area (Å²) in [5.41, 5.74) is 6.12. The number of amides is 2. The van der Waals surface area contributed by atoms with Crippen LogP contribution >= 0.6 is 11.8 Å². The predicted molar refractivity (Wildman–Crippen MR) is 106 cm³/mol. The van der Waals surface area contributed by atoms with Gasteiger partial charge in [-0.2, -0.15) is 4.99 Å². The summed E-state index contributed by atoms with van der Waals surface area (Å²) in [5.74, 6) is 0.122. The Morgan fingerprint density at radius 2 is 1.93 bits per heavy atom. The first kappa shape index (κ1) is 18.5. The number of carbonyl (C=O) groups excluding carboxylic acids is 2. The molecule has 28 heavy (non-hydrogen) atoms. The number of carbonyl (C=O) groups is 2. The molecular weight excluding hydrogens is 381 g/mol. The van der Waals surface area contributed by atoms with E-state index in [4.69, 9.17) is 10.2 Å². The number of hydrogen-bond acceptors (Lipinski definition) is 5. The molecule has 0 unspecified atom stereocenters. The average molecular weight is 399 g/mol. The first-order valence-electron chi connectivity index (χ1n) is 8.92. The highest BCUT2D eigenvalue weighted by atomic mass is 32.2. The van der Waals surface area contributed by atoms with Crippen molar-refractivity contribution in [1.29, 1.82) is 0 Å².